The second-order valence-electron chi connectivity index (χ2n) is 8.61. The molecular formula is C26H33NO4S. The van der Waals surface area contributed by atoms with Gasteiger partial charge in [-0.2, -0.15) is 0 Å². The lowest BCUT2D eigenvalue weighted by atomic mass is 9.78. The third-order valence-corrected chi connectivity index (χ3v) is 6.72. The summed E-state index contributed by atoms with van der Waals surface area (Å²) in [5.74, 6) is -1.84. The van der Waals surface area contributed by atoms with Crippen molar-refractivity contribution in [1.82, 2.24) is 5.48 Å². The van der Waals surface area contributed by atoms with E-state index in [0.29, 0.717) is 18.6 Å². The maximum atomic E-state index is 13.4. The molecule has 0 aliphatic rings. The summed E-state index contributed by atoms with van der Waals surface area (Å²) in [7, 11) is 0. The molecule has 0 aromatic heterocycles. The molecule has 0 saturated heterocycles. The lowest BCUT2D eigenvalue weighted by Crippen LogP contribution is -2.39. The first-order chi connectivity index (χ1) is 15.3. The molecule has 0 saturated carbocycles. The van der Waals surface area contributed by atoms with Gasteiger partial charge in [0.15, 0.2) is 0 Å². The fourth-order valence-electron chi connectivity index (χ4n) is 3.84. The Balaban J connectivity index is 2.21. The van der Waals surface area contributed by atoms with E-state index >= 15 is 0 Å². The highest BCUT2D eigenvalue weighted by Gasteiger charge is 2.35. The molecule has 2 aromatic carbocycles. The highest BCUT2D eigenvalue weighted by atomic mass is 32.2. The fraction of sp³-hybridized carbons (Fsp3) is 0.423. The highest BCUT2D eigenvalue weighted by Crippen LogP contribution is 2.31. The van der Waals surface area contributed by atoms with Gasteiger partial charge >= 0.3 is 0 Å². The van der Waals surface area contributed by atoms with Crippen LogP contribution in [0.4, 0.5) is 0 Å². The summed E-state index contributed by atoms with van der Waals surface area (Å²) in [5.41, 5.74) is 2.76. The molecule has 2 N–H and O–H groups in total. The van der Waals surface area contributed by atoms with Crippen LogP contribution in [0, 0.1) is 23.7 Å². The topological polar surface area (TPSA) is 83.5 Å². The molecule has 3 atom stereocenters. The van der Waals surface area contributed by atoms with Gasteiger partial charge in [0.05, 0.1) is 5.92 Å². The van der Waals surface area contributed by atoms with E-state index in [1.54, 1.807) is 5.48 Å². The summed E-state index contributed by atoms with van der Waals surface area (Å²) < 4.78 is 0. The van der Waals surface area contributed by atoms with Crippen LogP contribution in [-0.2, 0) is 20.8 Å². The van der Waals surface area contributed by atoms with E-state index in [1.807, 2.05) is 74.5 Å². The first-order valence-corrected chi connectivity index (χ1v) is 12.0. The van der Waals surface area contributed by atoms with Gasteiger partial charge in [0, 0.05) is 28.9 Å². The number of nitrogens with one attached hydrogen (secondary N) is 1. The minimum absolute atomic E-state index is 0.0349. The molecule has 0 heterocycles. The summed E-state index contributed by atoms with van der Waals surface area (Å²) in [4.78, 5) is 39.3. The van der Waals surface area contributed by atoms with Crippen LogP contribution in [0.3, 0.4) is 0 Å². The van der Waals surface area contributed by atoms with Gasteiger partial charge in [-0.3, -0.25) is 19.6 Å². The largest absolute Gasteiger partial charge is 0.300 e. The van der Waals surface area contributed by atoms with Crippen LogP contribution >= 0.6 is 11.8 Å². The first-order valence-electron chi connectivity index (χ1n) is 11.0. The van der Waals surface area contributed by atoms with Crippen LogP contribution in [0.1, 0.15) is 39.2 Å². The summed E-state index contributed by atoms with van der Waals surface area (Å²) in [6.07, 6.45) is 1.10. The smallest absolute Gasteiger partial charge is 0.248 e. The second kappa shape index (κ2) is 13.2. The van der Waals surface area contributed by atoms with Crippen molar-refractivity contribution < 1.29 is 19.6 Å². The quantitative estimate of drug-likeness (QED) is 0.253. The normalized spacial score (nSPS) is 13.9. The average Bonchev–Trinajstić information content (AvgIpc) is 2.78. The molecule has 0 radical (unpaired) electrons. The van der Waals surface area contributed by atoms with Crippen molar-refractivity contribution in [3.05, 3.63) is 66.2 Å². The third-order valence-electron chi connectivity index (χ3n) is 5.59. The lowest BCUT2D eigenvalue weighted by molar-refractivity contribution is -0.139. The molecule has 5 nitrogen and oxygen atoms in total. The van der Waals surface area contributed by atoms with Crippen LogP contribution < -0.4 is 5.48 Å². The minimum atomic E-state index is -0.690. The molecule has 1 amide bonds. The molecule has 32 heavy (non-hydrogen) atoms. The number of hydrogen-bond acceptors (Lipinski definition) is 5. The van der Waals surface area contributed by atoms with Crippen molar-refractivity contribution in [2.75, 3.05) is 5.75 Å². The number of benzene rings is 2. The summed E-state index contributed by atoms with van der Waals surface area (Å²) in [6.45, 7) is 5.53. The third kappa shape index (κ3) is 8.24. The number of carbonyl (C=O) groups excluding carboxylic acids is 3. The first kappa shape index (κ1) is 25.8. The van der Waals surface area contributed by atoms with Gasteiger partial charge in [-0.1, -0.05) is 62.4 Å². The van der Waals surface area contributed by atoms with Crippen molar-refractivity contribution in [2.24, 2.45) is 23.7 Å². The van der Waals surface area contributed by atoms with E-state index < -0.39 is 23.7 Å². The predicted molar refractivity (Wildman–Crippen MR) is 127 cm³/mol. The maximum absolute atomic E-state index is 13.4. The Hall–Kier alpha value is -2.44. The van der Waals surface area contributed by atoms with Crippen LogP contribution in [-0.4, -0.2) is 28.4 Å². The van der Waals surface area contributed by atoms with Crippen molar-refractivity contribution in [3.8, 4) is 0 Å². The van der Waals surface area contributed by atoms with E-state index in [-0.39, 0.29) is 23.9 Å². The molecule has 0 bridgehead atoms. The van der Waals surface area contributed by atoms with Crippen LogP contribution in [0.25, 0.3) is 0 Å². The molecular weight excluding hydrogens is 422 g/mol. The van der Waals surface area contributed by atoms with E-state index in [2.05, 4.69) is 0 Å². The highest BCUT2D eigenvalue weighted by molar-refractivity contribution is 7.99. The van der Waals surface area contributed by atoms with Gasteiger partial charge in [-0.15, -0.1) is 11.8 Å². The molecule has 0 aliphatic carbocycles. The predicted octanol–water partition coefficient (Wildman–Crippen LogP) is 4.97. The van der Waals surface area contributed by atoms with Crippen LogP contribution in [0.2, 0.25) is 0 Å². The number of Topliss-reactive ketones (excluding diaryl/α,β-unsaturated/α-hetero) is 2. The zero-order valence-corrected chi connectivity index (χ0v) is 19.8. The summed E-state index contributed by atoms with van der Waals surface area (Å²) in [5, 5.41) is 9.36. The van der Waals surface area contributed by atoms with Gasteiger partial charge in [0.25, 0.3) is 0 Å². The Bertz CT molecular complexity index is 870. The number of hydroxylamine groups is 1. The number of carbonyl (C=O) groups is 3. The molecule has 0 spiro atoms. The molecule has 0 aliphatic heterocycles. The van der Waals surface area contributed by atoms with Gasteiger partial charge in [0.1, 0.15) is 11.6 Å². The molecule has 1 unspecified atom stereocenters. The molecule has 2 aromatic rings. The minimum Gasteiger partial charge on any atom is -0.300 e. The number of thioether (sulfide) groups is 1. The van der Waals surface area contributed by atoms with Crippen molar-refractivity contribution >= 4 is 29.2 Å². The van der Waals surface area contributed by atoms with E-state index in [1.165, 1.54) is 18.7 Å². The number of amides is 1. The zero-order chi connectivity index (χ0) is 23.5. The lowest BCUT2D eigenvalue weighted by Gasteiger charge is -2.27. The van der Waals surface area contributed by atoms with Crippen molar-refractivity contribution in [3.63, 3.8) is 0 Å². The Morgan fingerprint density at radius 3 is 2.06 bits per heavy atom. The Morgan fingerprint density at radius 1 is 0.938 bits per heavy atom. The number of ketones is 2. The van der Waals surface area contributed by atoms with Gasteiger partial charge in [-0.25, -0.2) is 5.48 Å². The van der Waals surface area contributed by atoms with Crippen LogP contribution in [0.5, 0.6) is 0 Å². The standard InChI is InChI=1S/C26H33NO4S/c1-18(2)14-23(24(26(30)27-31)17-32-22-12-8-5-9-13-22)25(29)16-21(19(3)28)15-20-10-6-4-7-11-20/h4-13,18,21,23-24,31H,14-17H2,1-3H3,(H,27,30)/t21?,23-,24+/m1/s1. The van der Waals surface area contributed by atoms with Crippen LogP contribution in [0.15, 0.2) is 65.6 Å². The van der Waals surface area contributed by atoms with Gasteiger partial charge in [-0.05, 0) is 43.4 Å². The van der Waals surface area contributed by atoms with E-state index in [0.717, 1.165) is 10.5 Å². The Kier molecular flexibility index (Phi) is 10.6. The molecule has 2 rings (SSSR count). The maximum Gasteiger partial charge on any atom is 0.248 e. The SMILES string of the molecule is CC(=O)C(CC(=O)[C@H](CC(C)C)[C@H](CSc1ccccc1)C(=O)NO)Cc1ccccc1. The van der Waals surface area contributed by atoms with Gasteiger partial charge in [0.2, 0.25) is 5.91 Å². The Labute approximate surface area is 195 Å². The summed E-state index contributed by atoms with van der Waals surface area (Å²) >= 11 is 1.48. The van der Waals surface area contributed by atoms with Gasteiger partial charge < -0.3 is 0 Å². The molecule has 0 fully saturated rings. The van der Waals surface area contributed by atoms with E-state index in [9.17, 15) is 19.6 Å². The summed E-state index contributed by atoms with van der Waals surface area (Å²) in [6, 6.07) is 19.3. The average molecular weight is 456 g/mol. The fourth-order valence-corrected chi connectivity index (χ4v) is 4.95. The van der Waals surface area contributed by atoms with Crippen molar-refractivity contribution in [1.29, 1.82) is 0 Å². The monoisotopic (exact) mass is 455 g/mol. The van der Waals surface area contributed by atoms with E-state index in [4.69, 9.17) is 0 Å². The molecule has 6 heteroatoms. The van der Waals surface area contributed by atoms with Crippen molar-refractivity contribution in [2.45, 2.75) is 44.9 Å². The molecule has 172 valence electrons. The number of hydrogen-bond donors (Lipinski definition) is 2. The zero-order valence-electron chi connectivity index (χ0n) is 19.0. The second-order valence-corrected chi connectivity index (χ2v) is 9.70. The number of rotatable bonds is 13. The Morgan fingerprint density at radius 2 is 1.53 bits per heavy atom.